The number of aliphatic hydroxyl groups excluding tert-OH is 1. The molecule has 0 aliphatic rings. The van der Waals surface area contributed by atoms with Crippen LogP contribution in [0.2, 0.25) is 0 Å². The molecule has 19 heavy (non-hydrogen) atoms. The SMILES string of the molecule is CC(=CCOP(=O)(O)OP(C)(=O)OP(=O)(O)O)CO. The molecule has 0 saturated carbocycles. The van der Waals surface area contributed by atoms with Gasteiger partial charge in [-0.05, 0) is 12.5 Å². The lowest BCUT2D eigenvalue weighted by Crippen LogP contribution is -1.97. The van der Waals surface area contributed by atoms with Crippen molar-refractivity contribution in [2.75, 3.05) is 19.9 Å². The highest BCUT2D eigenvalue weighted by Crippen LogP contribution is 2.66. The van der Waals surface area contributed by atoms with Crippen molar-refractivity contribution >= 4 is 23.2 Å². The standard InChI is InChI=1S/C6H15O10P3/c1-6(5-7)3-4-14-19(12,13)16-17(2,8)15-18(9,10)11/h3,7H,4-5H2,1-2H3,(H,12,13)(H2,9,10,11). The van der Waals surface area contributed by atoms with Crippen LogP contribution in [0, 0.1) is 0 Å². The highest BCUT2D eigenvalue weighted by Gasteiger charge is 2.37. The molecule has 0 aliphatic heterocycles. The molecule has 2 atom stereocenters. The van der Waals surface area contributed by atoms with Crippen molar-refractivity contribution in [2.45, 2.75) is 6.92 Å². The molecule has 4 N–H and O–H groups in total. The molecule has 0 radical (unpaired) electrons. The van der Waals surface area contributed by atoms with Crippen LogP contribution < -0.4 is 0 Å². The summed E-state index contributed by atoms with van der Waals surface area (Å²) in [5.74, 6) is 0. The van der Waals surface area contributed by atoms with Gasteiger partial charge in [-0.1, -0.05) is 6.08 Å². The monoisotopic (exact) mass is 340 g/mol. The second-order valence-electron chi connectivity index (χ2n) is 3.40. The molecule has 0 aromatic rings. The Labute approximate surface area is 109 Å². The molecule has 2 unspecified atom stereocenters. The van der Waals surface area contributed by atoms with E-state index in [2.05, 4.69) is 13.1 Å². The van der Waals surface area contributed by atoms with Crippen molar-refractivity contribution in [3.8, 4) is 0 Å². The van der Waals surface area contributed by atoms with E-state index in [4.69, 9.17) is 19.8 Å². The molecular formula is C6H15O10P3. The summed E-state index contributed by atoms with van der Waals surface area (Å²) in [6, 6.07) is 0. The molecule has 0 saturated heterocycles. The van der Waals surface area contributed by atoms with Crippen LogP contribution in [0.4, 0.5) is 0 Å². The maximum atomic E-state index is 11.4. The Kier molecular flexibility index (Phi) is 7.30. The minimum absolute atomic E-state index is 0.284. The quantitative estimate of drug-likeness (QED) is 0.370. The maximum absolute atomic E-state index is 11.4. The van der Waals surface area contributed by atoms with E-state index >= 15 is 0 Å². The lowest BCUT2D eigenvalue weighted by Gasteiger charge is -2.17. The first-order chi connectivity index (χ1) is 8.37. The summed E-state index contributed by atoms with van der Waals surface area (Å²) in [7, 11) is -14.4. The predicted molar refractivity (Wildman–Crippen MR) is 64.4 cm³/mol. The van der Waals surface area contributed by atoms with Crippen LogP contribution >= 0.6 is 23.2 Å². The molecule has 0 rings (SSSR count). The number of phosphoric ester groups is 1. The Morgan fingerprint density at radius 2 is 1.68 bits per heavy atom. The van der Waals surface area contributed by atoms with E-state index in [0.29, 0.717) is 12.2 Å². The normalized spacial score (nSPS) is 19.8. The van der Waals surface area contributed by atoms with Crippen LogP contribution in [0.15, 0.2) is 11.6 Å². The summed E-state index contributed by atoms with van der Waals surface area (Å²) in [6.45, 7) is 1.41. The summed E-state index contributed by atoms with van der Waals surface area (Å²) in [4.78, 5) is 26.0. The third-order valence-electron chi connectivity index (χ3n) is 1.43. The first-order valence-corrected chi connectivity index (χ1v) is 9.68. The van der Waals surface area contributed by atoms with Gasteiger partial charge in [0.25, 0.3) is 0 Å². The van der Waals surface area contributed by atoms with E-state index < -0.39 is 29.8 Å². The Balaban J connectivity index is 4.56. The molecule has 13 heteroatoms. The van der Waals surface area contributed by atoms with Gasteiger partial charge in [0.1, 0.15) is 0 Å². The average Bonchev–Trinajstić information content (AvgIpc) is 2.10. The lowest BCUT2D eigenvalue weighted by molar-refractivity contribution is 0.207. The number of rotatable bonds is 8. The summed E-state index contributed by atoms with van der Waals surface area (Å²) in [5.41, 5.74) is 0.450. The van der Waals surface area contributed by atoms with Crippen LogP contribution in [0.3, 0.4) is 0 Å². The summed E-state index contributed by atoms with van der Waals surface area (Å²) in [5, 5.41) is 8.64. The molecule has 0 fully saturated rings. The first-order valence-electron chi connectivity index (χ1n) is 4.66. The minimum Gasteiger partial charge on any atom is -0.392 e. The van der Waals surface area contributed by atoms with E-state index in [0.717, 1.165) is 0 Å². The van der Waals surface area contributed by atoms with Gasteiger partial charge in [-0.3, -0.25) is 9.09 Å². The van der Waals surface area contributed by atoms with Crippen molar-refractivity contribution < 1.29 is 46.6 Å². The van der Waals surface area contributed by atoms with Gasteiger partial charge in [-0.15, -0.1) is 0 Å². The Bertz CT molecular complexity index is 464. The Morgan fingerprint density at radius 1 is 1.16 bits per heavy atom. The Morgan fingerprint density at radius 3 is 2.11 bits per heavy atom. The van der Waals surface area contributed by atoms with Gasteiger partial charge in [0.15, 0.2) is 0 Å². The molecule has 0 aromatic heterocycles. The number of hydrogen-bond donors (Lipinski definition) is 4. The topological polar surface area (TPSA) is 160 Å². The third-order valence-corrected chi connectivity index (χ3v) is 5.95. The van der Waals surface area contributed by atoms with Gasteiger partial charge in [0, 0.05) is 6.66 Å². The Hall–Kier alpha value is 0.150. The summed E-state index contributed by atoms with van der Waals surface area (Å²) in [6.07, 6.45) is 1.26. The second-order valence-corrected chi connectivity index (χ2v) is 8.42. The van der Waals surface area contributed by atoms with E-state index in [-0.39, 0.29) is 6.61 Å². The van der Waals surface area contributed by atoms with Gasteiger partial charge in [-0.2, -0.15) is 0 Å². The van der Waals surface area contributed by atoms with E-state index in [1.54, 1.807) is 0 Å². The average molecular weight is 340 g/mol. The molecule has 0 aromatic carbocycles. The fraction of sp³-hybridized carbons (Fsp3) is 0.667. The number of hydrogen-bond acceptors (Lipinski definition) is 7. The van der Waals surface area contributed by atoms with E-state index in [1.807, 2.05) is 0 Å². The maximum Gasteiger partial charge on any atom is 0.479 e. The molecule has 0 heterocycles. The minimum atomic E-state index is -5.14. The number of phosphoric acid groups is 2. The van der Waals surface area contributed by atoms with Gasteiger partial charge in [0.05, 0.1) is 13.2 Å². The van der Waals surface area contributed by atoms with Gasteiger partial charge in [-0.25, -0.2) is 17.8 Å². The highest BCUT2D eigenvalue weighted by atomic mass is 31.3. The molecule has 0 aliphatic carbocycles. The molecule has 114 valence electrons. The summed E-state index contributed by atoms with van der Waals surface area (Å²) < 4.78 is 45.3. The largest absolute Gasteiger partial charge is 0.479 e. The zero-order valence-corrected chi connectivity index (χ0v) is 12.8. The zero-order valence-electron chi connectivity index (χ0n) is 10.1. The predicted octanol–water partition coefficient (Wildman–Crippen LogP) is 0.991. The van der Waals surface area contributed by atoms with Gasteiger partial charge >= 0.3 is 23.2 Å². The van der Waals surface area contributed by atoms with Crippen molar-refractivity contribution in [1.82, 2.24) is 0 Å². The molecule has 0 bridgehead atoms. The lowest BCUT2D eigenvalue weighted by atomic mass is 10.3. The van der Waals surface area contributed by atoms with Crippen LogP contribution in [-0.4, -0.2) is 39.7 Å². The molecule has 0 amide bonds. The molecule has 10 nitrogen and oxygen atoms in total. The van der Waals surface area contributed by atoms with Gasteiger partial charge < -0.3 is 19.8 Å². The highest BCUT2D eigenvalue weighted by molar-refractivity contribution is 7.69. The van der Waals surface area contributed by atoms with Crippen LogP contribution in [-0.2, 0) is 26.8 Å². The van der Waals surface area contributed by atoms with Crippen LogP contribution in [0.25, 0.3) is 0 Å². The second kappa shape index (κ2) is 7.24. The van der Waals surface area contributed by atoms with Crippen molar-refractivity contribution in [2.24, 2.45) is 0 Å². The fourth-order valence-corrected chi connectivity index (χ4v) is 4.64. The van der Waals surface area contributed by atoms with Crippen LogP contribution in [0.5, 0.6) is 0 Å². The van der Waals surface area contributed by atoms with Crippen molar-refractivity contribution in [3.05, 3.63) is 11.6 Å². The van der Waals surface area contributed by atoms with Crippen molar-refractivity contribution in [3.63, 3.8) is 0 Å². The van der Waals surface area contributed by atoms with Crippen molar-refractivity contribution in [1.29, 1.82) is 0 Å². The van der Waals surface area contributed by atoms with Gasteiger partial charge in [0.2, 0.25) is 0 Å². The molecule has 0 spiro atoms. The van der Waals surface area contributed by atoms with Crippen LogP contribution in [0.1, 0.15) is 6.92 Å². The molecular weight excluding hydrogens is 325 g/mol. The first kappa shape index (κ1) is 19.1. The van der Waals surface area contributed by atoms with E-state index in [1.165, 1.54) is 13.0 Å². The number of aliphatic hydroxyl groups is 1. The summed E-state index contributed by atoms with van der Waals surface area (Å²) >= 11 is 0. The third kappa shape index (κ3) is 10.6. The fourth-order valence-electron chi connectivity index (χ4n) is 0.757. The zero-order chi connectivity index (χ0) is 15.3. The van der Waals surface area contributed by atoms with E-state index in [9.17, 15) is 13.7 Å². The smallest absolute Gasteiger partial charge is 0.392 e.